The second-order valence-electron chi connectivity index (χ2n) is 4.39. The minimum absolute atomic E-state index is 0.739. The van der Waals surface area contributed by atoms with Crippen LogP contribution in [0, 0.1) is 6.92 Å². The summed E-state index contributed by atoms with van der Waals surface area (Å²) < 4.78 is 5.74. The summed E-state index contributed by atoms with van der Waals surface area (Å²) in [5.74, 6) is 1.69. The van der Waals surface area contributed by atoms with Crippen molar-refractivity contribution in [3.63, 3.8) is 0 Å². The molecule has 18 heavy (non-hydrogen) atoms. The molecule has 96 valence electrons. The van der Waals surface area contributed by atoms with E-state index in [4.69, 9.17) is 4.42 Å². The highest BCUT2D eigenvalue weighted by Gasteiger charge is 2.10. The Hall–Kier alpha value is -1.09. The summed E-state index contributed by atoms with van der Waals surface area (Å²) >= 11 is 3.45. The van der Waals surface area contributed by atoms with Crippen LogP contribution in [0.5, 0.6) is 0 Å². The fourth-order valence-electron chi connectivity index (χ4n) is 1.93. The molecule has 0 spiro atoms. The van der Waals surface area contributed by atoms with E-state index >= 15 is 0 Å². The zero-order valence-corrected chi connectivity index (χ0v) is 12.2. The first-order valence-electron chi connectivity index (χ1n) is 6.39. The number of aromatic nitrogens is 1. The zero-order valence-electron chi connectivity index (χ0n) is 10.7. The highest BCUT2D eigenvalue weighted by Crippen LogP contribution is 2.22. The second-order valence-corrected chi connectivity index (χ2v) is 5.18. The molecule has 2 rings (SSSR count). The Labute approximate surface area is 117 Å². The summed E-state index contributed by atoms with van der Waals surface area (Å²) in [7, 11) is 0. The van der Waals surface area contributed by atoms with Crippen LogP contribution in [0.4, 0.5) is 0 Å². The van der Waals surface area contributed by atoms with E-state index in [1.54, 1.807) is 0 Å². The van der Waals surface area contributed by atoms with E-state index in [-0.39, 0.29) is 0 Å². The Balaban J connectivity index is 2.03. The van der Waals surface area contributed by atoms with Gasteiger partial charge in [-0.3, -0.25) is 0 Å². The average molecular weight is 308 g/mol. The molecule has 0 atom stereocenters. The van der Waals surface area contributed by atoms with Crippen molar-refractivity contribution in [2.75, 3.05) is 5.33 Å². The molecule has 0 unspecified atom stereocenters. The van der Waals surface area contributed by atoms with E-state index in [0.29, 0.717) is 0 Å². The molecule has 0 fully saturated rings. The third kappa shape index (κ3) is 3.45. The molecule has 0 amide bonds. The molecule has 0 saturated heterocycles. The first-order chi connectivity index (χ1) is 8.81. The number of halogens is 1. The van der Waals surface area contributed by atoms with Gasteiger partial charge >= 0.3 is 0 Å². The molecule has 0 N–H and O–H groups in total. The van der Waals surface area contributed by atoms with Crippen LogP contribution in [-0.4, -0.2) is 10.3 Å². The monoisotopic (exact) mass is 307 g/mol. The maximum atomic E-state index is 5.74. The fraction of sp³-hybridized carbons (Fsp3) is 0.400. The number of hydrogen-bond donors (Lipinski definition) is 0. The number of benzene rings is 1. The smallest absolute Gasteiger partial charge is 0.226 e. The Bertz CT molecular complexity index is 478. The highest BCUT2D eigenvalue weighted by atomic mass is 79.9. The number of oxazole rings is 1. The predicted octanol–water partition coefficient (Wildman–Crippen LogP) is 4.76. The van der Waals surface area contributed by atoms with Crippen LogP contribution < -0.4 is 0 Å². The molecule has 0 aliphatic heterocycles. The number of unbranched alkanes of at least 4 members (excludes halogenated alkanes) is 2. The summed E-state index contributed by atoms with van der Waals surface area (Å²) in [6, 6.07) is 10.1. The van der Waals surface area contributed by atoms with Gasteiger partial charge in [-0.15, -0.1) is 0 Å². The highest BCUT2D eigenvalue weighted by molar-refractivity contribution is 9.09. The van der Waals surface area contributed by atoms with Crippen molar-refractivity contribution in [1.82, 2.24) is 4.98 Å². The van der Waals surface area contributed by atoms with Crippen molar-refractivity contribution in [1.29, 1.82) is 0 Å². The van der Waals surface area contributed by atoms with Gasteiger partial charge in [-0.1, -0.05) is 40.5 Å². The Morgan fingerprint density at radius 3 is 2.61 bits per heavy atom. The summed E-state index contributed by atoms with van der Waals surface area (Å²) in [4.78, 5) is 4.60. The van der Waals surface area contributed by atoms with E-state index in [1.165, 1.54) is 19.3 Å². The van der Waals surface area contributed by atoms with Gasteiger partial charge in [0.15, 0.2) is 0 Å². The summed E-state index contributed by atoms with van der Waals surface area (Å²) in [6.07, 6.45) is 4.64. The van der Waals surface area contributed by atoms with Crippen molar-refractivity contribution in [3.8, 4) is 11.5 Å². The number of aryl methyl sites for hydroxylation is 2. The maximum absolute atomic E-state index is 5.74. The minimum Gasteiger partial charge on any atom is -0.441 e. The van der Waals surface area contributed by atoms with Crippen molar-refractivity contribution in [2.45, 2.75) is 32.6 Å². The van der Waals surface area contributed by atoms with Gasteiger partial charge in [-0.2, -0.15) is 0 Å². The van der Waals surface area contributed by atoms with E-state index in [9.17, 15) is 0 Å². The van der Waals surface area contributed by atoms with Crippen molar-refractivity contribution < 1.29 is 4.42 Å². The maximum Gasteiger partial charge on any atom is 0.226 e. The number of alkyl halides is 1. The van der Waals surface area contributed by atoms with E-state index in [2.05, 4.69) is 20.9 Å². The molecule has 0 saturated carbocycles. The molecule has 1 aromatic heterocycles. The topological polar surface area (TPSA) is 26.0 Å². The van der Waals surface area contributed by atoms with Crippen molar-refractivity contribution in [2.24, 2.45) is 0 Å². The van der Waals surface area contributed by atoms with Gasteiger partial charge < -0.3 is 4.42 Å². The molecule has 3 heteroatoms. The lowest BCUT2D eigenvalue weighted by atomic mass is 10.1. The molecule has 2 aromatic rings. The van der Waals surface area contributed by atoms with Gasteiger partial charge in [0, 0.05) is 10.9 Å². The first kappa shape index (κ1) is 13.3. The number of nitrogens with zero attached hydrogens (tertiary/aromatic N) is 1. The molecule has 1 aromatic carbocycles. The molecule has 0 radical (unpaired) electrons. The third-order valence-electron chi connectivity index (χ3n) is 2.96. The van der Waals surface area contributed by atoms with Crippen LogP contribution in [0.2, 0.25) is 0 Å². The Kier molecular flexibility index (Phi) is 5.00. The lowest BCUT2D eigenvalue weighted by Gasteiger charge is -1.96. The summed E-state index contributed by atoms with van der Waals surface area (Å²) in [5.41, 5.74) is 2.15. The fourth-order valence-corrected chi connectivity index (χ4v) is 2.32. The molecule has 0 aliphatic carbocycles. The van der Waals surface area contributed by atoms with E-state index in [0.717, 1.165) is 34.7 Å². The SMILES string of the molecule is Cc1oc(-c2ccccc2)nc1CCCCCBr. The largest absolute Gasteiger partial charge is 0.441 e. The quantitative estimate of drug-likeness (QED) is 0.568. The standard InChI is InChI=1S/C15H18BrNO/c1-12-14(10-6-3-7-11-16)17-15(18-12)13-8-4-2-5-9-13/h2,4-5,8-9H,3,6-7,10-11H2,1H3. The average Bonchev–Trinajstić information content (AvgIpc) is 2.77. The van der Waals surface area contributed by atoms with Crippen LogP contribution >= 0.6 is 15.9 Å². The number of rotatable bonds is 6. The predicted molar refractivity (Wildman–Crippen MR) is 78.0 cm³/mol. The van der Waals surface area contributed by atoms with E-state index in [1.807, 2.05) is 37.3 Å². The van der Waals surface area contributed by atoms with E-state index < -0.39 is 0 Å². The van der Waals surface area contributed by atoms with Gasteiger partial charge in [-0.25, -0.2) is 4.98 Å². The molecular formula is C15H18BrNO. The van der Waals surface area contributed by atoms with Gasteiger partial charge in [0.1, 0.15) is 5.76 Å². The number of hydrogen-bond acceptors (Lipinski definition) is 2. The van der Waals surface area contributed by atoms with Gasteiger partial charge in [-0.05, 0) is 38.3 Å². The Morgan fingerprint density at radius 1 is 1.11 bits per heavy atom. The Morgan fingerprint density at radius 2 is 1.89 bits per heavy atom. The van der Waals surface area contributed by atoms with Crippen molar-refractivity contribution in [3.05, 3.63) is 41.8 Å². The van der Waals surface area contributed by atoms with Gasteiger partial charge in [0.2, 0.25) is 5.89 Å². The molecule has 1 heterocycles. The minimum atomic E-state index is 0.739. The van der Waals surface area contributed by atoms with Crippen LogP contribution in [0.15, 0.2) is 34.7 Å². The third-order valence-corrected chi connectivity index (χ3v) is 3.52. The van der Waals surface area contributed by atoms with Gasteiger partial charge in [0.05, 0.1) is 5.69 Å². The van der Waals surface area contributed by atoms with Crippen LogP contribution in [0.25, 0.3) is 11.5 Å². The first-order valence-corrected chi connectivity index (χ1v) is 7.51. The normalized spacial score (nSPS) is 10.8. The van der Waals surface area contributed by atoms with Crippen molar-refractivity contribution >= 4 is 15.9 Å². The summed E-state index contributed by atoms with van der Waals surface area (Å²) in [6.45, 7) is 2.00. The lowest BCUT2D eigenvalue weighted by molar-refractivity contribution is 0.538. The lowest BCUT2D eigenvalue weighted by Crippen LogP contribution is -1.89. The molecule has 0 aliphatic rings. The van der Waals surface area contributed by atoms with Gasteiger partial charge in [0.25, 0.3) is 0 Å². The van der Waals surface area contributed by atoms with Crippen LogP contribution in [-0.2, 0) is 6.42 Å². The van der Waals surface area contributed by atoms with Crippen LogP contribution in [0.1, 0.15) is 30.7 Å². The second kappa shape index (κ2) is 6.74. The molecule has 2 nitrogen and oxygen atoms in total. The zero-order chi connectivity index (χ0) is 12.8. The molecular weight excluding hydrogens is 290 g/mol. The van der Waals surface area contributed by atoms with Crippen LogP contribution in [0.3, 0.4) is 0 Å². The molecule has 0 bridgehead atoms. The summed E-state index contributed by atoms with van der Waals surface area (Å²) in [5, 5.41) is 1.08.